The van der Waals surface area contributed by atoms with Crippen LogP contribution in [0, 0.1) is 23.3 Å². The summed E-state index contributed by atoms with van der Waals surface area (Å²) in [5.74, 6) is -9.98. The molecule has 0 heterocycles. The Morgan fingerprint density at radius 1 is 1.16 bits per heavy atom. The number of ether oxygens (including phenoxy) is 1. The number of benzene rings is 1. The third kappa shape index (κ3) is 4.47. The Morgan fingerprint density at radius 3 is 2.12 bits per heavy atom. The van der Waals surface area contributed by atoms with Crippen LogP contribution in [0.1, 0.15) is 6.92 Å². The second-order valence-electron chi connectivity index (χ2n) is 4.32. The van der Waals surface area contributed by atoms with Gasteiger partial charge in [-0.1, -0.05) is 11.7 Å². The summed E-state index contributed by atoms with van der Waals surface area (Å²) in [5.41, 5.74) is 6.42. The Balaban J connectivity index is 3.12. The molecule has 8 nitrogen and oxygen atoms in total. The quantitative estimate of drug-likeness (QED) is 0.0825. The van der Waals surface area contributed by atoms with Crippen LogP contribution >= 0.6 is 0 Å². The van der Waals surface area contributed by atoms with Gasteiger partial charge in [0.15, 0.2) is 28.2 Å². The fraction of sp³-hybridized carbons (Fsp3) is 0.250. The van der Waals surface area contributed by atoms with Crippen LogP contribution < -0.4 is 0 Å². The summed E-state index contributed by atoms with van der Waals surface area (Å²) in [6, 6.07) is 0. The number of nitrogens with zero attached hydrogens (tertiary/aromatic N) is 3. The molecule has 0 radical (unpaired) electrons. The van der Waals surface area contributed by atoms with Crippen LogP contribution in [0.25, 0.3) is 10.4 Å². The van der Waals surface area contributed by atoms with Crippen molar-refractivity contribution in [1.29, 1.82) is 0 Å². The summed E-state index contributed by atoms with van der Waals surface area (Å²) in [7, 11) is -5.30. The zero-order valence-corrected chi connectivity index (χ0v) is 13.2. The van der Waals surface area contributed by atoms with Gasteiger partial charge >= 0.3 is 16.1 Å². The molecule has 0 aliphatic heterocycles. The van der Waals surface area contributed by atoms with Gasteiger partial charge in [-0.15, -0.1) is 0 Å². The molecule has 1 aromatic carbocycles. The molecule has 0 fully saturated rings. The van der Waals surface area contributed by atoms with Crippen molar-refractivity contribution in [2.45, 2.75) is 11.8 Å². The van der Waals surface area contributed by atoms with Crippen LogP contribution in [0.4, 0.5) is 23.2 Å². The van der Waals surface area contributed by atoms with E-state index in [9.17, 15) is 30.8 Å². The minimum Gasteiger partial charge on any atom is -0.460 e. The normalized spacial score (nSPS) is 10.9. The lowest BCUT2D eigenvalue weighted by Crippen LogP contribution is -2.18. The first-order valence-corrected chi connectivity index (χ1v) is 7.58. The third-order valence-electron chi connectivity index (χ3n) is 2.50. The first-order chi connectivity index (χ1) is 11.5. The van der Waals surface area contributed by atoms with E-state index in [0.717, 1.165) is 0 Å². The van der Waals surface area contributed by atoms with Gasteiger partial charge in [-0.25, -0.2) is 22.4 Å². The van der Waals surface area contributed by atoms with Gasteiger partial charge in [-0.3, -0.25) is 4.18 Å². The third-order valence-corrected chi connectivity index (χ3v) is 3.83. The van der Waals surface area contributed by atoms with Crippen LogP contribution in [-0.4, -0.2) is 27.6 Å². The van der Waals surface area contributed by atoms with Gasteiger partial charge in [-0.2, -0.15) is 8.42 Å². The van der Waals surface area contributed by atoms with E-state index >= 15 is 0 Å². The average Bonchev–Trinajstić information content (AvgIpc) is 2.53. The molecular weight excluding hydrogens is 374 g/mol. The Bertz CT molecular complexity index is 852. The highest BCUT2D eigenvalue weighted by molar-refractivity contribution is 7.86. The zero-order chi connectivity index (χ0) is 19.4. The maximum absolute atomic E-state index is 13.7. The van der Waals surface area contributed by atoms with E-state index in [4.69, 9.17) is 5.53 Å². The Labute approximate surface area is 138 Å². The number of halogens is 4. The molecule has 0 saturated heterocycles. The SMILES string of the molecule is C=C(C)C(=O)OCCOS(=O)(=O)c1c(F)c(F)c(N=[N+]=[N-])c(F)c1F. The van der Waals surface area contributed by atoms with Crippen molar-refractivity contribution in [2.24, 2.45) is 5.11 Å². The molecule has 0 aliphatic rings. The largest absolute Gasteiger partial charge is 0.460 e. The Kier molecular flexibility index (Phi) is 6.50. The molecule has 1 rings (SSSR count). The summed E-state index contributed by atoms with van der Waals surface area (Å²) in [4.78, 5) is 11.0. The molecular formula is C12H9F4N3O5S. The molecule has 0 N–H and O–H groups in total. The molecule has 0 bridgehead atoms. The number of azide groups is 1. The molecule has 0 unspecified atom stereocenters. The Morgan fingerprint density at radius 2 is 1.68 bits per heavy atom. The van der Waals surface area contributed by atoms with Crippen LogP contribution in [0.15, 0.2) is 22.2 Å². The van der Waals surface area contributed by atoms with E-state index < -0.39 is 63.2 Å². The predicted octanol–water partition coefficient (Wildman–Crippen LogP) is 3.01. The van der Waals surface area contributed by atoms with Crippen LogP contribution in [-0.2, 0) is 23.8 Å². The van der Waals surface area contributed by atoms with Crippen molar-refractivity contribution < 1.29 is 39.7 Å². The standard InChI is InChI=1S/C12H9F4N3O5S/c1-5(2)12(20)23-3-4-24-25(21,22)11-8(15)6(13)10(18-19-17)7(14)9(11)16/h1,3-4H2,2H3. The van der Waals surface area contributed by atoms with Crippen LogP contribution in [0.2, 0.25) is 0 Å². The van der Waals surface area contributed by atoms with Gasteiger partial charge in [0.2, 0.25) is 0 Å². The monoisotopic (exact) mass is 383 g/mol. The lowest BCUT2D eigenvalue weighted by atomic mass is 10.2. The van der Waals surface area contributed by atoms with Crippen LogP contribution in [0.5, 0.6) is 0 Å². The molecule has 0 aromatic heterocycles. The van der Waals surface area contributed by atoms with E-state index in [1.54, 1.807) is 0 Å². The highest BCUT2D eigenvalue weighted by Crippen LogP contribution is 2.33. The van der Waals surface area contributed by atoms with Gasteiger partial charge in [0, 0.05) is 10.5 Å². The molecule has 0 amide bonds. The molecule has 1 aromatic rings. The maximum Gasteiger partial charge on any atom is 0.333 e. The van der Waals surface area contributed by atoms with E-state index in [1.807, 2.05) is 4.91 Å². The molecule has 13 heteroatoms. The number of rotatable bonds is 7. The first kappa shape index (κ1) is 20.4. The molecule has 25 heavy (non-hydrogen) atoms. The number of carbonyl (C=O) groups is 1. The van der Waals surface area contributed by atoms with Crippen molar-refractivity contribution in [3.05, 3.63) is 45.9 Å². The highest BCUT2D eigenvalue weighted by Gasteiger charge is 2.33. The van der Waals surface area contributed by atoms with Crippen molar-refractivity contribution in [2.75, 3.05) is 13.2 Å². The fourth-order valence-corrected chi connectivity index (χ4v) is 2.44. The van der Waals surface area contributed by atoms with Gasteiger partial charge < -0.3 is 4.74 Å². The molecule has 0 atom stereocenters. The van der Waals surface area contributed by atoms with E-state index in [2.05, 4.69) is 20.6 Å². The number of hydrogen-bond donors (Lipinski definition) is 0. The van der Waals surface area contributed by atoms with Gasteiger partial charge in [0.05, 0.1) is 0 Å². The lowest BCUT2D eigenvalue weighted by Gasteiger charge is -2.10. The van der Waals surface area contributed by atoms with Crippen molar-refractivity contribution in [3.63, 3.8) is 0 Å². The summed E-state index contributed by atoms with van der Waals surface area (Å²) in [6.45, 7) is 3.02. The summed E-state index contributed by atoms with van der Waals surface area (Å²) in [6.07, 6.45) is 0. The highest BCUT2D eigenvalue weighted by atomic mass is 32.2. The van der Waals surface area contributed by atoms with Crippen LogP contribution in [0.3, 0.4) is 0 Å². The first-order valence-electron chi connectivity index (χ1n) is 6.17. The number of carbonyl (C=O) groups excluding carboxylic acids is 1. The minimum absolute atomic E-state index is 0.00211. The topological polar surface area (TPSA) is 118 Å². The summed E-state index contributed by atoms with van der Waals surface area (Å²) < 4.78 is 86.7. The van der Waals surface area contributed by atoms with Gasteiger partial charge in [0.25, 0.3) is 0 Å². The van der Waals surface area contributed by atoms with Gasteiger partial charge in [-0.05, 0) is 12.5 Å². The fourth-order valence-electron chi connectivity index (χ4n) is 1.41. The maximum atomic E-state index is 13.7. The van der Waals surface area contributed by atoms with E-state index in [0.29, 0.717) is 0 Å². The van der Waals surface area contributed by atoms with Crippen molar-refractivity contribution in [1.82, 2.24) is 0 Å². The lowest BCUT2D eigenvalue weighted by molar-refractivity contribution is -0.139. The predicted molar refractivity (Wildman–Crippen MR) is 74.0 cm³/mol. The van der Waals surface area contributed by atoms with Crippen molar-refractivity contribution >= 4 is 21.8 Å². The van der Waals surface area contributed by atoms with Crippen molar-refractivity contribution in [3.8, 4) is 0 Å². The van der Waals surface area contributed by atoms with E-state index in [-0.39, 0.29) is 5.57 Å². The van der Waals surface area contributed by atoms with E-state index in [1.165, 1.54) is 6.92 Å². The Hall–Kier alpha value is -2.63. The number of esters is 1. The summed E-state index contributed by atoms with van der Waals surface area (Å²) >= 11 is 0. The second-order valence-corrected chi connectivity index (χ2v) is 5.87. The molecule has 0 saturated carbocycles. The number of hydrogen-bond acceptors (Lipinski definition) is 6. The summed E-state index contributed by atoms with van der Waals surface area (Å²) in [5, 5.41) is 2.41. The van der Waals surface area contributed by atoms with Gasteiger partial charge in [0.1, 0.15) is 18.9 Å². The molecule has 136 valence electrons. The zero-order valence-electron chi connectivity index (χ0n) is 12.4. The minimum atomic E-state index is -5.30. The smallest absolute Gasteiger partial charge is 0.333 e. The molecule has 0 spiro atoms. The average molecular weight is 383 g/mol. The second kappa shape index (κ2) is 7.96. The molecule has 0 aliphatic carbocycles.